The first-order valence-electron chi connectivity index (χ1n) is 5.76. The summed E-state index contributed by atoms with van der Waals surface area (Å²) in [6.45, 7) is 5.01. The molecule has 0 unspecified atom stereocenters. The third kappa shape index (κ3) is 9.68. The molecule has 19 heavy (non-hydrogen) atoms. The fraction of sp³-hybridized carbons (Fsp3) is 0.600. The number of imide groups is 1. The van der Waals surface area contributed by atoms with Crippen LogP contribution in [0.2, 0.25) is 0 Å². The fourth-order valence-electron chi connectivity index (χ4n) is 1.05. The molecule has 0 aliphatic carbocycles. The molecule has 0 rings (SSSR count). The Bertz CT molecular complexity index is 321. The zero-order chi connectivity index (χ0) is 14.5. The Labute approximate surface area is 110 Å². The van der Waals surface area contributed by atoms with Gasteiger partial charge in [0.05, 0.1) is 0 Å². The molecule has 0 saturated carbocycles. The van der Waals surface area contributed by atoms with Crippen LogP contribution >= 0.6 is 0 Å². The third-order valence-electron chi connectivity index (χ3n) is 1.89. The van der Waals surface area contributed by atoms with Crippen LogP contribution in [-0.4, -0.2) is 57.1 Å². The molecule has 0 aromatic rings. The predicted molar refractivity (Wildman–Crippen MR) is 65.1 cm³/mol. The maximum atomic E-state index is 11.2. The molecule has 0 aliphatic heterocycles. The second kappa shape index (κ2) is 11.1. The van der Waals surface area contributed by atoms with Crippen LogP contribution in [0, 0.1) is 0 Å². The van der Waals surface area contributed by atoms with Crippen molar-refractivity contribution in [1.82, 2.24) is 21.3 Å². The van der Waals surface area contributed by atoms with Crippen LogP contribution in [0.15, 0.2) is 0 Å². The summed E-state index contributed by atoms with van der Waals surface area (Å²) in [6, 6.07) is 0. The van der Waals surface area contributed by atoms with E-state index in [1.807, 2.05) is 6.92 Å². The Morgan fingerprint density at radius 1 is 1.00 bits per heavy atom. The number of amides is 3. The van der Waals surface area contributed by atoms with E-state index in [2.05, 4.69) is 20.7 Å². The molecule has 0 saturated heterocycles. The van der Waals surface area contributed by atoms with E-state index >= 15 is 0 Å². The molecule has 0 bridgehead atoms. The minimum Gasteiger partial charge on any atom is -0.378 e. The summed E-state index contributed by atoms with van der Waals surface area (Å²) in [4.78, 5) is 42.6. The van der Waals surface area contributed by atoms with Gasteiger partial charge in [-0.15, -0.1) is 0 Å². The molecule has 0 atom stereocenters. The van der Waals surface area contributed by atoms with Crippen molar-refractivity contribution >= 4 is 24.4 Å². The number of rotatable bonds is 8. The molecule has 0 heterocycles. The maximum absolute atomic E-state index is 11.2. The van der Waals surface area contributed by atoms with Gasteiger partial charge in [0.15, 0.2) is 0 Å². The summed E-state index contributed by atoms with van der Waals surface area (Å²) in [5.74, 6) is -2.16. The third-order valence-corrected chi connectivity index (χ3v) is 1.89. The van der Waals surface area contributed by atoms with Gasteiger partial charge in [-0.1, -0.05) is 6.92 Å². The van der Waals surface area contributed by atoms with E-state index < -0.39 is 17.9 Å². The second-order valence-electron chi connectivity index (χ2n) is 3.32. The molecule has 0 radical (unpaired) electrons. The molecular weight excluding hydrogens is 256 g/mol. The van der Waals surface area contributed by atoms with Crippen molar-refractivity contribution in [3.63, 3.8) is 0 Å². The predicted octanol–water partition coefficient (Wildman–Crippen LogP) is -2.29. The van der Waals surface area contributed by atoms with Crippen LogP contribution in [-0.2, 0) is 19.1 Å². The van der Waals surface area contributed by atoms with Gasteiger partial charge >= 0.3 is 24.4 Å². The average molecular weight is 274 g/mol. The molecule has 108 valence electrons. The molecule has 3 amide bonds. The summed E-state index contributed by atoms with van der Waals surface area (Å²) >= 11 is 0. The smallest absolute Gasteiger partial charge is 0.378 e. The van der Waals surface area contributed by atoms with Gasteiger partial charge in [-0.2, -0.15) is 0 Å². The van der Waals surface area contributed by atoms with Gasteiger partial charge in [-0.25, -0.2) is 4.79 Å². The first kappa shape index (κ1) is 17.0. The van der Waals surface area contributed by atoms with Crippen LogP contribution in [0.5, 0.6) is 0 Å². The Morgan fingerprint density at radius 3 is 2.26 bits per heavy atom. The van der Waals surface area contributed by atoms with Crippen LogP contribution in [0.3, 0.4) is 0 Å². The molecule has 0 spiro atoms. The highest BCUT2D eigenvalue weighted by atomic mass is 16.6. The Balaban J connectivity index is 3.60. The van der Waals surface area contributed by atoms with Crippen molar-refractivity contribution in [3.8, 4) is 0 Å². The number of hydrogen-bond donors (Lipinski definition) is 4. The minimum absolute atomic E-state index is 0.144. The van der Waals surface area contributed by atoms with Crippen LogP contribution in [0.1, 0.15) is 6.92 Å². The summed E-state index contributed by atoms with van der Waals surface area (Å²) in [5.41, 5.74) is 0. The molecule has 0 aromatic heterocycles. The van der Waals surface area contributed by atoms with Gasteiger partial charge in [0.25, 0.3) is 0 Å². The van der Waals surface area contributed by atoms with Gasteiger partial charge in [0.2, 0.25) is 0 Å². The van der Waals surface area contributed by atoms with Crippen LogP contribution in [0.25, 0.3) is 0 Å². The number of hydrogen-bond acceptors (Lipinski definition) is 7. The van der Waals surface area contributed by atoms with Crippen molar-refractivity contribution < 1.29 is 23.9 Å². The van der Waals surface area contributed by atoms with Crippen molar-refractivity contribution in [1.29, 1.82) is 0 Å². The number of carbonyl (C=O) groups is 4. The highest BCUT2D eigenvalue weighted by Gasteiger charge is 2.16. The van der Waals surface area contributed by atoms with E-state index in [0.717, 1.165) is 19.6 Å². The summed E-state index contributed by atoms with van der Waals surface area (Å²) < 4.78 is 3.79. The van der Waals surface area contributed by atoms with E-state index in [1.54, 1.807) is 5.32 Å². The molecule has 0 aliphatic rings. The zero-order valence-corrected chi connectivity index (χ0v) is 10.7. The lowest BCUT2D eigenvalue weighted by atomic mass is 10.5. The molecule has 4 N–H and O–H groups in total. The highest BCUT2D eigenvalue weighted by molar-refractivity contribution is 6.37. The Hall–Kier alpha value is -2.00. The van der Waals surface area contributed by atoms with E-state index in [4.69, 9.17) is 0 Å². The van der Waals surface area contributed by atoms with Crippen molar-refractivity contribution in [2.75, 3.05) is 32.7 Å². The first-order chi connectivity index (χ1) is 9.11. The minimum atomic E-state index is -1.29. The normalized spacial score (nSPS) is 9.53. The van der Waals surface area contributed by atoms with Crippen molar-refractivity contribution in [2.45, 2.75) is 6.92 Å². The zero-order valence-electron chi connectivity index (χ0n) is 10.7. The summed E-state index contributed by atoms with van der Waals surface area (Å²) in [5, 5.41) is 10.0. The Kier molecular flexibility index (Phi) is 9.94. The average Bonchev–Trinajstić information content (AvgIpc) is 2.37. The maximum Gasteiger partial charge on any atom is 0.421 e. The quantitative estimate of drug-likeness (QED) is 0.170. The number of ether oxygens (including phenoxy) is 1. The molecule has 9 heteroatoms. The number of alkyl carbamates (subject to hydrolysis) is 1. The SMILES string of the molecule is CCNCCNCCNC(=O)C(=O)NC(=O)OC=O. The van der Waals surface area contributed by atoms with Crippen molar-refractivity contribution in [3.05, 3.63) is 0 Å². The molecule has 0 aromatic carbocycles. The standard InChI is InChI=1S/C10H18N4O5/c1-2-11-3-4-12-5-6-13-8(16)9(17)14-10(18)19-7-15/h7,11-12H,2-6H2,1H3,(H,13,16)(H,14,17,18). The van der Waals surface area contributed by atoms with Gasteiger partial charge in [0.1, 0.15) is 0 Å². The molecule has 0 fully saturated rings. The van der Waals surface area contributed by atoms with Crippen LogP contribution < -0.4 is 21.3 Å². The van der Waals surface area contributed by atoms with E-state index in [0.29, 0.717) is 6.54 Å². The fourth-order valence-corrected chi connectivity index (χ4v) is 1.05. The summed E-state index contributed by atoms with van der Waals surface area (Å²) in [6.07, 6.45) is -1.29. The topological polar surface area (TPSA) is 126 Å². The largest absolute Gasteiger partial charge is 0.421 e. The second-order valence-corrected chi connectivity index (χ2v) is 3.32. The van der Waals surface area contributed by atoms with Gasteiger partial charge < -0.3 is 20.7 Å². The lowest BCUT2D eigenvalue weighted by Gasteiger charge is -2.06. The number of carbonyl (C=O) groups excluding carboxylic acids is 4. The Morgan fingerprint density at radius 2 is 1.63 bits per heavy atom. The molecule has 9 nitrogen and oxygen atoms in total. The highest BCUT2D eigenvalue weighted by Crippen LogP contribution is 1.74. The number of likely N-dealkylation sites (N-methyl/N-ethyl adjacent to an activating group) is 1. The molecular formula is C10H18N4O5. The van der Waals surface area contributed by atoms with Crippen molar-refractivity contribution in [2.24, 2.45) is 0 Å². The van der Waals surface area contributed by atoms with E-state index in [9.17, 15) is 19.2 Å². The monoisotopic (exact) mass is 274 g/mol. The summed E-state index contributed by atoms with van der Waals surface area (Å²) in [7, 11) is 0. The van der Waals surface area contributed by atoms with Gasteiger partial charge in [-0.05, 0) is 6.54 Å². The van der Waals surface area contributed by atoms with Gasteiger partial charge in [0, 0.05) is 26.2 Å². The van der Waals surface area contributed by atoms with Gasteiger partial charge in [-0.3, -0.25) is 19.7 Å². The number of nitrogens with one attached hydrogen (secondary N) is 4. The van der Waals surface area contributed by atoms with E-state index in [1.165, 1.54) is 0 Å². The van der Waals surface area contributed by atoms with E-state index in [-0.39, 0.29) is 13.0 Å². The lowest BCUT2D eigenvalue weighted by Crippen LogP contribution is -2.44. The first-order valence-corrected chi connectivity index (χ1v) is 5.76. The lowest BCUT2D eigenvalue weighted by molar-refractivity contribution is -0.139. The van der Waals surface area contributed by atoms with Crippen LogP contribution in [0.4, 0.5) is 4.79 Å².